The van der Waals surface area contributed by atoms with Crippen molar-refractivity contribution in [2.24, 2.45) is 0 Å². The molecule has 1 saturated heterocycles. The zero-order valence-corrected chi connectivity index (χ0v) is 12.8. The van der Waals surface area contributed by atoms with Crippen molar-refractivity contribution < 1.29 is 0 Å². The van der Waals surface area contributed by atoms with E-state index in [4.69, 9.17) is 16.6 Å². The van der Waals surface area contributed by atoms with Gasteiger partial charge in [0, 0.05) is 44.2 Å². The topological polar surface area (TPSA) is 37.2 Å². The van der Waals surface area contributed by atoms with Crippen LogP contribution in [0.1, 0.15) is 11.5 Å². The van der Waals surface area contributed by atoms with Crippen LogP contribution in [0.5, 0.6) is 0 Å². The summed E-state index contributed by atoms with van der Waals surface area (Å²) >= 11 is 5.93. The minimum absolute atomic E-state index is 0.579. The molecule has 20 heavy (non-hydrogen) atoms. The fourth-order valence-corrected chi connectivity index (χ4v) is 2.80. The largest absolute Gasteiger partial charge is 0.307 e. The van der Waals surface area contributed by atoms with Crippen LogP contribution in [0.15, 0.2) is 12.1 Å². The Hall–Kier alpha value is -1.33. The Kier molecular flexibility index (Phi) is 3.81. The second-order valence-electron chi connectivity index (χ2n) is 5.33. The standard InChI is InChI=1S/C14H20ClN5/c1-11-3-4-12-14(16-11)20(13(17-12)5-6-15)19-9-7-18(2)8-10-19/h3-4H,5-10H2,1-2H3. The molecule has 2 aromatic heterocycles. The summed E-state index contributed by atoms with van der Waals surface area (Å²) in [5.74, 6) is 1.59. The molecule has 0 aromatic carbocycles. The van der Waals surface area contributed by atoms with Crippen LogP contribution in [0.3, 0.4) is 0 Å². The molecule has 0 bridgehead atoms. The molecule has 0 amide bonds. The number of likely N-dealkylation sites (N-methyl/N-ethyl adjacent to an activating group) is 1. The average Bonchev–Trinajstić information content (AvgIpc) is 2.78. The van der Waals surface area contributed by atoms with Gasteiger partial charge in [-0.05, 0) is 26.1 Å². The molecule has 3 rings (SSSR count). The van der Waals surface area contributed by atoms with Gasteiger partial charge in [-0.15, -0.1) is 11.6 Å². The maximum atomic E-state index is 5.93. The summed E-state index contributed by atoms with van der Waals surface area (Å²) in [4.78, 5) is 11.7. The molecule has 3 heterocycles. The predicted molar refractivity (Wildman–Crippen MR) is 82.1 cm³/mol. The molecule has 0 saturated carbocycles. The number of imidazole rings is 1. The minimum atomic E-state index is 0.579. The summed E-state index contributed by atoms with van der Waals surface area (Å²) < 4.78 is 2.18. The number of halogens is 1. The first kappa shape index (κ1) is 13.6. The minimum Gasteiger partial charge on any atom is -0.307 e. The van der Waals surface area contributed by atoms with Crippen molar-refractivity contribution in [2.75, 3.05) is 44.1 Å². The number of aromatic nitrogens is 3. The molecule has 1 aliphatic heterocycles. The van der Waals surface area contributed by atoms with Crippen LogP contribution in [-0.4, -0.2) is 58.7 Å². The molecule has 5 nitrogen and oxygen atoms in total. The molecule has 1 aliphatic rings. The monoisotopic (exact) mass is 293 g/mol. The van der Waals surface area contributed by atoms with E-state index in [0.717, 1.165) is 55.3 Å². The molecule has 2 aromatic rings. The van der Waals surface area contributed by atoms with E-state index in [-0.39, 0.29) is 0 Å². The summed E-state index contributed by atoms with van der Waals surface area (Å²) in [7, 11) is 2.16. The molecule has 108 valence electrons. The van der Waals surface area contributed by atoms with Crippen LogP contribution in [-0.2, 0) is 6.42 Å². The average molecular weight is 294 g/mol. The molecular formula is C14H20ClN5. The number of hydrogen-bond acceptors (Lipinski definition) is 4. The van der Waals surface area contributed by atoms with E-state index < -0.39 is 0 Å². The zero-order chi connectivity index (χ0) is 14.1. The number of nitrogens with zero attached hydrogens (tertiary/aromatic N) is 5. The van der Waals surface area contributed by atoms with Crippen molar-refractivity contribution in [2.45, 2.75) is 13.3 Å². The summed E-state index contributed by atoms with van der Waals surface area (Å²) in [6.45, 7) is 6.12. The summed E-state index contributed by atoms with van der Waals surface area (Å²) in [6.07, 6.45) is 0.767. The van der Waals surface area contributed by atoms with Crippen molar-refractivity contribution in [3.8, 4) is 0 Å². The van der Waals surface area contributed by atoms with E-state index >= 15 is 0 Å². The third kappa shape index (κ3) is 2.47. The van der Waals surface area contributed by atoms with Crippen molar-refractivity contribution in [1.82, 2.24) is 19.5 Å². The van der Waals surface area contributed by atoms with Crippen LogP contribution < -0.4 is 5.01 Å². The number of rotatable bonds is 3. The third-order valence-electron chi connectivity index (χ3n) is 3.77. The highest BCUT2D eigenvalue weighted by atomic mass is 35.5. The van der Waals surface area contributed by atoms with Gasteiger partial charge in [-0.25, -0.2) is 14.6 Å². The molecule has 0 radical (unpaired) electrons. The van der Waals surface area contributed by atoms with Gasteiger partial charge in [0.2, 0.25) is 0 Å². The molecule has 1 fully saturated rings. The van der Waals surface area contributed by atoms with Crippen LogP contribution in [0.25, 0.3) is 11.2 Å². The van der Waals surface area contributed by atoms with Gasteiger partial charge in [0.1, 0.15) is 11.3 Å². The van der Waals surface area contributed by atoms with Gasteiger partial charge in [-0.1, -0.05) is 0 Å². The lowest BCUT2D eigenvalue weighted by Crippen LogP contribution is -2.50. The van der Waals surface area contributed by atoms with Crippen molar-refractivity contribution in [3.63, 3.8) is 0 Å². The lowest BCUT2D eigenvalue weighted by Gasteiger charge is -2.35. The highest BCUT2D eigenvalue weighted by Crippen LogP contribution is 2.17. The highest BCUT2D eigenvalue weighted by molar-refractivity contribution is 6.17. The Morgan fingerprint density at radius 3 is 2.60 bits per heavy atom. The molecule has 0 spiro atoms. The summed E-state index contributed by atoms with van der Waals surface area (Å²) in [6, 6.07) is 4.05. The fourth-order valence-electron chi connectivity index (χ4n) is 2.63. The van der Waals surface area contributed by atoms with Crippen molar-refractivity contribution >= 4 is 22.8 Å². The number of aryl methyl sites for hydroxylation is 2. The molecule has 0 atom stereocenters. The van der Waals surface area contributed by atoms with Gasteiger partial charge in [-0.3, -0.25) is 0 Å². The predicted octanol–water partition coefficient (Wildman–Crippen LogP) is 1.40. The Morgan fingerprint density at radius 2 is 1.90 bits per heavy atom. The van der Waals surface area contributed by atoms with Gasteiger partial charge in [0.25, 0.3) is 0 Å². The summed E-state index contributed by atoms with van der Waals surface area (Å²) in [5, 5.41) is 2.34. The van der Waals surface area contributed by atoms with Crippen molar-refractivity contribution in [3.05, 3.63) is 23.7 Å². The maximum Gasteiger partial charge on any atom is 0.179 e. The molecule has 6 heteroatoms. The number of alkyl halides is 1. The van der Waals surface area contributed by atoms with E-state index in [9.17, 15) is 0 Å². The lowest BCUT2D eigenvalue weighted by molar-refractivity contribution is 0.287. The first-order valence-corrected chi connectivity index (χ1v) is 7.57. The second kappa shape index (κ2) is 5.58. The first-order chi connectivity index (χ1) is 9.69. The van der Waals surface area contributed by atoms with Gasteiger partial charge in [-0.2, -0.15) is 0 Å². The van der Waals surface area contributed by atoms with Crippen molar-refractivity contribution in [1.29, 1.82) is 0 Å². The Bertz CT molecular complexity index is 601. The zero-order valence-electron chi connectivity index (χ0n) is 12.0. The van der Waals surface area contributed by atoms with E-state index in [1.54, 1.807) is 0 Å². The van der Waals surface area contributed by atoms with Crippen LogP contribution in [0.2, 0.25) is 0 Å². The quantitative estimate of drug-likeness (QED) is 0.802. The fraction of sp³-hybridized carbons (Fsp3) is 0.571. The van der Waals surface area contributed by atoms with Gasteiger partial charge >= 0.3 is 0 Å². The Morgan fingerprint density at radius 1 is 1.15 bits per heavy atom. The van der Waals surface area contributed by atoms with E-state index in [1.807, 2.05) is 19.1 Å². The Balaban J connectivity index is 2.05. The maximum absolute atomic E-state index is 5.93. The number of fused-ring (bicyclic) bond motifs is 1. The van der Waals surface area contributed by atoms with E-state index in [0.29, 0.717) is 5.88 Å². The summed E-state index contributed by atoms with van der Waals surface area (Å²) in [5.41, 5.74) is 2.93. The molecule has 0 unspecified atom stereocenters. The second-order valence-corrected chi connectivity index (χ2v) is 5.71. The normalized spacial score (nSPS) is 17.1. The first-order valence-electron chi connectivity index (χ1n) is 7.04. The van der Waals surface area contributed by atoms with Crippen LogP contribution in [0.4, 0.5) is 0 Å². The van der Waals surface area contributed by atoms with Crippen LogP contribution in [0, 0.1) is 6.92 Å². The Labute approximate surface area is 124 Å². The molecule has 0 N–H and O–H groups in total. The number of pyridine rings is 1. The SMILES string of the molecule is Cc1ccc2nc(CCCl)n(N3CCN(C)CC3)c2n1. The lowest BCUT2D eigenvalue weighted by atomic mass is 10.3. The molecular weight excluding hydrogens is 274 g/mol. The van der Waals surface area contributed by atoms with Gasteiger partial charge < -0.3 is 9.91 Å². The molecule has 0 aliphatic carbocycles. The third-order valence-corrected chi connectivity index (χ3v) is 3.96. The van der Waals surface area contributed by atoms with Gasteiger partial charge in [0.15, 0.2) is 5.65 Å². The number of piperazine rings is 1. The van der Waals surface area contributed by atoms with E-state index in [2.05, 4.69) is 26.6 Å². The van der Waals surface area contributed by atoms with Crippen LogP contribution >= 0.6 is 11.6 Å². The van der Waals surface area contributed by atoms with E-state index in [1.165, 1.54) is 0 Å². The highest BCUT2D eigenvalue weighted by Gasteiger charge is 2.20. The smallest absolute Gasteiger partial charge is 0.179 e. The van der Waals surface area contributed by atoms with Gasteiger partial charge in [0.05, 0.1) is 0 Å². The number of hydrogen-bond donors (Lipinski definition) is 0.